The number of nitrogens with zero attached hydrogens (tertiary/aromatic N) is 1. The van der Waals surface area contributed by atoms with Crippen LogP contribution >= 0.6 is 11.8 Å². The molecule has 42 heavy (non-hydrogen) atoms. The van der Waals surface area contributed by atoms with E-state index in [2.05, 4.69) is 5.32 Å². The Kier molecular flexibility index (Phi) is 10.0. The van der Waals surface area contributed by atoms with Gasteiger partial charge in [0.2, 0.25) is 11.0 Å². The summed E-state index contributed by atoms with van der Waals surface area (Å²) >= 11 is 1.01. The van der Waals surface area contributed by atoms with Crippen molar-refractivity contribution >= 4 is 34.7 Å². The fraction of sp³-hybridized carbons (Fsp3) is 0.333. The lowest BCUT2D eigenvalue weighted by atomic mass is 10.0. The molecule has 0 radical (unpaired) electrons. The van der Waals surface area contributed by atoms with E-state index in [1.807, 2.05) is 91.0 Å². The van der Waals surface area contributed by atoms with Gasteiger partial charge < -0.3 is 14.4 Å². The number of rotatable bonds is 11. The topological polar surface area (TPSA) is 102 Å². The second-order valence-corrected chi connectivity index (χ2v) is 11.6. The molecule has 9 heteroatoms. The molecule has 0 bridgehead atoms. The fourth-order valence-corrected chi connectivity index (χ4v) is 6.50. The van der Waals surface area contributed by atoms with Gasteiger partial charge in [-0.05, 0) is 48.8 Å². The predicted molar refractivity (Wildman–Crippen MR) is 159 cm³/mol. The van der Waals surface area contributed by atoms with E-state index < -0.39 is 40.6 Å². The molecule has 2 heterocycles. The van der Waals surface area contributed by atoms with Gasteiger partial charge in [-0.3, -0.25) is 19.7 Å². The molecular weight excluding hydrogens is 552 g/mol. The SMILES string of the molecule is O=C(OCc1ccccc1)[C@H]1C(=O)S[C@H]2CCC[C@@H](N[C@@H](CCc3ccccc3)C(=O)OCc3ccccc3)C(=O)N12. The number of thioether (sulfide) groups is 1. The molecule has 2 saturated heterocycles. The summed E-state index contributed by atoms with van der Waals surface area (Å²) in [5, 5.41) is 2.42. The highest BCUT2D eigenvalue weighted by atomic mass is 32.2. The number of carbonyl (C=O) groups is 4. The van der Waals surface area contributed by atoms with Crippen LogP contribution in [0.4, 0.5) is 0 Å². The van der Waals surface area contributed by atoms with Gasteiger partial charge in [0.05, 0.1) is 11.4 Å². The van der Waals surface area contributed by atoms with Crippen LogP contribution in [-0.4, -0.2) is 51.4 Å². The van der Waals surface area contributed by atoms with Crippen LogP contribution in [-0.2, 0) is 48.3 Å². The molecule has 5 rings (SSSR count). The van der Waals surface area contributed by atoms with Gasteiger partial charge in [0.25, 0.3) is 0 Å². The largest absolute Gasteiger partial charge is 0.460 e. The maximum Gasteiger partial charge on any atom is 0.338 e. The average molecular weight is 587 g/mol. The van der Waals surface area contributed by atoms with Crippen molar-refractivity contribution in [2.24, 2.45) is 0 Å². The fourth-order valence-electron chi connectivity index (χ4n) is 5.27. The van der Waals surface area contributed by atoms with Gasteiger partial charge >= 0.3 is 11.9 Å². The molecule has 2 aliphatic heterocycles. The van der Waals surface area contributed by atoms with Crippen molar-refractivity contribution in [2.75, 3.05) is 0 Å². The van der Waals surface area contributed by atoms with E-state index in [9.17, 15) is 19.2 Å². The van der Waals surface area contributed by atoms with Crippen LogP contribution in [0.15, 0.2) is 91.0 Å². The van der Waals surface area contributed by atoms with Gasteiger partial charge in [0.15, 0.2) is 6.04 Å². The highest BCUT2D eigenvalue weighted by molar-refractivity contribution is 8.14. The molecule has 218 valence electrons. The van der Waals surface area contributed by atoms with E-state index in [0.717, 1.165) is 28.5 Å². The van der Waals surface area contributed by atoms with Crippen LogP contribution in [0, 0.1) is 0 Å². The maximum atomic E-state index is 13.9. The Balaban J connectivity index is 1.29. The number of carbonyl (C=O) groups excluding carboxylic acids is 4. The Hall–Kier alpha value is -3.95. The van der Waals surface area contributed by atoms with Gasteiger partial charge in [-0.1, -0.05) is 103 Å². The van der Waals surface area contributed by atoms with Crippen LogP contribution in [0.5, 0.6) is 0 Å². The summed E-state index contributed by atoms with van der Waals surface area (Å²) in [4.78, 5) is 54.7. The van der Waals surface area contributed by atoms with Gasteiger partial charge in [-0.15, -0.1) is 0 Å². The Morgan fingerprint density at radius 2 is 1.38 bits per heavy atom. The molecule has 0 unspecified atom stereocenters. The molecule has 8 nitrogen and oxygen atoms in total. The number of aryl methyl sites for hydroxylation is 1. The van der Waals surface area contributed by atoms with Crippen LogP contribution in [0.25, 0.3) is 0 Å². The summed E-state index contributed by atoms with van der Waals surface area (Å²) in [7, 11) is 0. The maximum absolute atomic E-state index is 13.9. The normalized spacial score (nSPS) is 20.9. The first-order valence-electron chi connectivity index (χ1n) is 14.2. The lowest BCUT2D eigenvalue weighted by Crippen LogP contribution is -2.56. The van der Waals surface area contributed by atoms with Crippen molar-refractivity contribution in [1.82, 2.24) is 10.2 Å². The molecule has 3 aromatic carbocycles. The molecule has 0 saturated carbocycles. The zero-order chi connectivity index (χ0) is 29.3. The lowest BCUT2D eigenvalue weighted by molar-refractivity contribution is -0.158. The second-order valence-electron chi connectivity index (χ2n) is 10.5. The number of amides is 1. The molecular formula is C33H34N2O6S. The smallest absolute Gasteiger partial charge is 0.338 e. The van der Waals surface area contributed by atoms with Crippen LogP contribution in [0.1, 0.15) is 42.4 Å². The first-order valence-corrected chi connectivity index (χ1v) is 15.1. The highest BCUT2D eigenvalue weighted by Crippen LogP contribution is 2.37. The van der Waals surface area contributed by atoms with E-state index in [-0.39, 0.29) is 19.1 Å². The minimum atomic E-state index is -1.31. The van der Waals surface area contributed by atoms with Gasteiger partial charge in [-0.2, -0.15) is 0 Å². The molecule has 0 aromatic heterocycles. The third kappa shape index (κ3) is 7.46. The zero-order valence-electron chi connectivity index (χ0n) is 23.2. The Labute approximate surface area is 249 Å². The second kappa shape index (κ2) is 14.3. The van der Waals surface area contributed by atoms with Crippen LogP contribution in [0.2, 0.25) is 0 Å². The number of fused-ring (bicyclic) bond motifs is 1. The first kappa shape index (κ1) is 29.5. The standard InChI is InChI=1S/C33H34N2O6S/c36-30-26(17-10-18-28-35(30)29(33(39)42-28)32(38)41-22-25-15-8-3-9-16-25)34-27(20-19-23-11-4-1-5-12-23)31(37)40-21-24-13-6-2-7-14-24/h1-9,11-16,26-29,34H,10,17-22H2/t26-,27+,28+,29+/m1/s1. The van der Waals surface area contributed by atoms with E-state index in [1.165, 1.54) is 4.90 Å². The zero-order valence-corrected chi connectivity index (χ0v) is 24.0. The Bertz CT molecular complexity index is 1370. The summed E-state index contributed by atoms with van der Waals surface area (Å²) < 4.78 is 11.1. The minimum Gasteiger partial charge on any atom is -0.460 e. The number of ether oxygens (including phenoxy) is 2. The van der Waals surface area contributed by atoms with Crippen molar-refractivity contribution in [2.45, 2.75) is 68.8 Å². The third-order valence-electron chi connectivity index (χ3n) is 7.48. The van der Waals surface area contributed by atoms with Crippen molar-refractivity contribution < 1.29 is 28.7 Å². The Morgan fingerprint density at radius 3 is 2.00 bits per heavy atom. The number of hydrogen-bond acceptors (Lipinski definition) is 8. The Morgan fingerprint density at radius 1 is 0.810 bits per heavy atom. The minimum absolute atomic E-state index is 0.0112. The summed E-state index contributed by atoms with van der Waals surface area (Å²) in [6.07, 6.45) is 2.72. The van der Waals surface area contributed by atoms with Gasteiger partial charge in [-0.25, -0.2) is 4.79 Å². The third-order valence-corrected chi connectivity index (χ3v) is 8.67. The molecule has 2 aliphatic rings. The molecule has 2 fully saturated rings. The molecule has 1 amide bonds. The summed E-state index contributed by atoms with van der Waals surface area (Å²) in [5.74, 6) is -1.57. The summed E-state index contributed by atoms with van der Waals surface area (Å²) in [6.45, 7) is 0.133. The molecule has 0 aliphatic carbocycles. The van der Waals surface area contributed by atoms with Crippen LogP contribution in [0.3, 0.4) is 0 Å². The van der Waals surface area contributed by atoms with E-state index in [1.54, 1.807) is 0 Å². The highest BCUT2D eigenvalue weighted by Gasteiger charge is 2.51. The summed E-state index contributed by atoms with van der Waals surface area (Å²) in [6, 6.07) is 25.6. The quantitative estimate of drug-likeness (QED) is 0.260. The number of hydrogen-bond donors (Lipinski definition) is 1. The van der Waals surface area contributed by atoms with Gasteiger partial charge in [0, 0.05) is 0 Å². The predicted octanol–water partition coefficient (Wildman–Crippen LogP) is 4.41. The molecule has 1 N–H and O–H groups in total. The number of nitrogens with one attached hydrogen (secondary N) is 1. The van der Waals surface area contributed by atoms with E-state index >= 15 is 0 Å². The van der Waals surface area contributed by atoms with Crippen molar-refractivity contribution in [3.63, 3.8) is 0 Å². The van der Waals surface area contributed by atoms with Crippen molar-refractivity contribution in [3.8, 4) is 0 Å². The monoisotopic (exact) mass is 586 g/mol. The molecule has 3 aromatic rings. The van der Waals surface area contributed by atoms with Gasteiger partial charge in [0.1, 0.15) is 19.3 Å². The molecule has 4 atom stereocenters. The number of esters is 2. The van der Waals surface area contributed by atoms with E-state index in [4.69, 9.17) is 9.47 Å². The van der Waals surface area contributed by atoms with Crippen LogP contribution < -0.4 is 5.32 Å². The number of benzene rings is 3. The lowest BCUT2D eigenvalue weighted by Gasteiger charge is -2.29. The van der Waals surface area contributed by atoms with Crippen molar-refractivity contribution in [3.05, 3.63) is 108 Å². The van der Waals surface area contributed by atoms with Crippen molar-refractivity contribution in [1.29, 1.82) is 0 Å². The molecule has 0 spiro atoms. The average Bonchev–Trinajstić information content (AvgIpc) is 3.28. The van der Waals surface area contributed by atoms with E-state index in [0.29, 0.717) is 32.1 Å². The summed E-state index contributed by atoms with van der Waals surface area (Å²) in [5.41, 5.74) is 2.72. The first-order chi connectivity index (χ1) is 20.5.